The summed E-state index contributed by atoms with van der Waals surface area (Å²) in [6.45, 7) is -0.263. The monoisotopic (exact) mass is 378 g/mol. The molecule has 0 saturated heterocycles. The number of hydrogen-bond acceptors (Lipinski definition) is 5. The molecule has 0 aliphatic heterocycles. The van der Waals surface area contributed by atoms with E-state index in [4.69, 9.17) is 4.74 Å². The highest BCUT2D eigenvalue weighted by molar-refractivity contribution is 5.98. The number of esters is 1. The van der Waals surface area contributed by atoms with Gasteiger partial charge < -0.3 is 9.47 Å². The van der Waals surface area contributed by atoms with E-state index in [0.717, 1.165) is 10.8 Å². The van der Waals surface area contributed by atoms with E-state index in [2.05, 4.69) is 15.6 Å². The molecule has 0 unspecified atom stereocenters. The summed E-state index contributed by atoms with van der Waals surface area (Å²) in [5, 5.41) is 2.07. The zero-order chi connectivity index (χ0) is 19.9. The molecular weight excluding hydrogens is 360 g/mol. The predicted octanol–water partition coefficient (Wildman–Crippen LogP) is 2.47. The van der Waals surface area contributed by atoms with Crippen molar-refractivity contribution in [3.8, 4) is 5.75 Å². The van der Waals surface area contributed by atoms with Crippen LogP contribution in [0.4, 0.5) is 0 Å². The average Bonchev–Trinajstić information content (AvgIpc) is 2.75. The molecule has 2 N–H and O–H groups in total. The lowest BCUT2D eigenvalue weighted by molar-refractivity contribution is -0.123. The number of methoxy groups -OCH3 is 1. The van der Waals surface area contributed by atoms with Gasteiger partial charge in [0.1, 0.15) is 5.75 Å². The lowest BCUT2D eigenvalue weighted by Crippen LogP contribution is -2.43. The molecule has 0 aliphatic carbocycles. The van der Waals surface area contributed by atoms with Crippen LogP contribution in [0.5, 0.6) is 5.75 Å². The van der Waals surface area contributed by atoms with Gasteiger partial charge in [0, 0.05) is 5.56 Å². The lowest BCUT2D eigenvalue weighted by Gasteiger charge is -2.10. The van der Waals surface area contributed by atoms with Gasteiger partial charge in [0.2, 0.25) is 0 Å². The van der Waals surface area contributed by atoms with Crippen LogP contribution < -0.4 is 15.6 Å². The van der Waals surface area contributed by atoms with Gasteiger partial charge in [-0.3, -0.25) is 20.4 Å². The molecule has 0 saturated carbocycles. The van der Waals surface area contributed by atoms with E-state index in [0.29, 0.717) is 5.75 Å². The molecule has 0 spiro atoms. The van der Waals surface area contributed by atoms with Crippen LogP contribution >= 0.6 is 0 Å². The van der Waals surface area contributed by atoms with E-state index in [9.17, 15) is 14.4 Å². The molecule has 0 bridgehead atoms. The maximum atomic E-state index is 12.1. The molecule has 3 rings (SSSR count). The normalized spacial score (nSPS) is 10.2. The van der Waals surface area contributed by atoms with Gasteiger partial charge in [-0.2, -0.15) is 0 Å². The summed E-state index contributed by atoms with van der Waals surface area (Å²) in [5.41, 5.74) is 4.99. The van der Waals surface area contributed by atoms with Crippen LogP contribution in [0.2, 0.25) is 0 Å². The molecule has 0 aromatic heterocycles. The molecule has 7 heteroatoms. The van der Waals surface area contributed by atoms with Crippen molar-refractivity contribution in [1.82, 2.24) is 10.9 Å². The van der Waals surface area contributed by atoms with E-state index in [1.807, 2.05) is 36.4 Å². The molecule has 28 heavy (non-hydrogen) atoms. The Hall–Kier alpha value is -3.87. The minimum atomic E-state index is -0.565. The summed E-state index contributed by atoms with van der Waals surface area (Å²) in [6, 6.07) is 19.3. The van der Waals surface area contributed by atoms with Gasteiger partial charge in [-0.1, -0.05) is 36.4 Å². The Morgan fingerprint density at radius 2 is 1.57 bits per heavy atom. The van der Waals surface area contributed by atoms with Gasteiger partial charge in [-0.15, -0.1) is 0 Å². The number of nitrogens with one attached hydrogen (secondary N) is 2. The first-order valence-electron chi connectivity index (χ1n) is 8.46. The molecule has 2 amide bonds. The van der Waals surface area contributed by atoms with Gasteiger partial charge in [0.25, 0.3) is 11.8 Å². The highest BCUT2D eigenvalue weighted by Crippen LogP contribution is 2.20. The number of benzene rings is 3. The number of amides is 2. The molecule has 0 heterocycles. The fourth-order valence-electron chi connectivity index (χ4n) is 2.55. The van der Waals surface area contributed by atoms with Crippen molar-refractivity contribution in [3.63, 3.8) is 0 Å². The molecule has 142 valence electrons. The number of rotatable bonds is 5. The van der Waals surface area contributed by atoms with Crippen molar-refractivity contribution in [1.29, 1.82) is 0 Å². The highest BCUT2D eigenvalue weighted by atomic mass is 16.5. The van der Waals surface area contributed by atoms with E-state index in [-0.39, 0.29) is 17.7 Å². The molecule has 0 atom stereocenters. The average molecular weight is 378 g/mol. The quantitative estimate of drug-likeness (QED) is 0.525. The van der Waals surface area contributed by atoms with Crippen molar-refractivity contribution < 1.29 is 23.9 Å². The molecule has 0 aliphatic rings. The van der Waals surface area contributed by atoms with Gasteiger partial charge in [0.05, 0.1) is 12.7 Å². The Morgan fingerprint density at radius 3 is 2.36 bits per heavy atom. The summed E-state index contributed by atoms with van der Waals surface area (Å²) in [6.07, 6.45) is 0. The molecule has 3 aromatic rings. The van der Waals surface area contributed by atoms with Crippen molar-refractivity contribution in [3.05, 3.63) is 77.9 Å². The molecule has 7 nitrogen and oxygen atoms in total. The fraction of sp³-hybridized carbons (Fsp3) is 0.0952. The maximum Gasteiger partial charge on any atom is 0.337 e. The third-order valence-corrected chi connectivity index (χ3v) is 3.95. The van der Waals surface area contributed by atoms with Crippen LogP contribution in [-0.4, -0.2) is 31.5 Å². The summed E-state index contributed by atoms with van der Waals surface area (Å²) in [5.74, 6) is -1.09. The van der Waals surface area contributed by atoms with Gasteiger partial charge >= 0.3 is 5.97 Å². The van der Waals surface area contributed by atoms with E-state index in [1.165, 1.54) is 25.3 Å². The molecule has 0 radical (unpaired) electrons. The zero-order valence-corrected chi connectivity index (χ0v) is 15.1. The van der Waals surface area contributed by atoms with Crippen molar-refractivity contribution >= 4 is 28.6 Å². The van der Waals surface area contributed by atoms with Crippen molar-refractivity contribution in [2.75, 3.05) is 13.7 Å². The smallest absolute Gasteiger partial charge is 0.337 e. The van der Waals surface area contributed by atoms with Crippen LogP contribution in [-0.2, 0) is 9.53 Å². The summed E-state index contributed by atoms with van der Waals surface area (Å²) in [7, 11) is 1.25. The fourth-order valence-corrected chi connectivity index (χ4v) is 2.55. The second kappa shape index (κ2) is 8.68. The van der Waals surface area contributed by atoms with Crippen LogP contribution in [0.1, 0.15) is 20.7 Å². The first-order valence-corrected chi connectivity index (χ1v) is 8.46. The Balaban J connectivity index is 1.52. The van der Waals surface area contributed by atoms with Crippen LogP contribution in [0.25, 0.3) is 10.8 Å². The van der Waals surface area contributed by atoms with Crippen molar-refractivity contribution in [2.24, 2.45) is 0 Å². The van der Waals surface area contributed by atoms with Gasteiger partial charge in [-0.05, 0) is 41.1 Å². The van der Waals surface area contributed by atoms with Crippen LogP contribution in [0, 0.1) is 0 Å². The summed E-state index contributed by atoms with van der Waals surface area (Å²) in [4.78, 5) is 35.5. The van der Waals surface area contributed by atoms with Crippen molar-refractivity contribution in [2.45, 2.75) is 0 Å². The van der Waals surface area contributed by atoms with E-state index >= 15 is 0 Å². The van der Waals surface area contributed by atoms with Gasteiger partial charge in [-0.25, -0.2) is 4.79 Å². The number of fused-ring (bicyclic) bond motifs is 1. The maximum absolute atomic E-state index is 12.1. The highest BCUT2D eigenvalue weighted by Gasteiger charge is 2.11. The minimum Gasteiger partial charge on any atom is -0.484 e. The minimum absolute atomic E-state index is 0.207. The standard InChI is InChI=1S/C21H18N2O5/c1-27-21(26)17-8-4-7-16(11-17)20(25)23-22-19(24)13-28-18-10-9-14-5-2-3-6-15(14)12-18/h2-12H,13H2,1H3,(H,22,24)(H,23,25). The van der Waals surface area contributed by atoms with Crippen LogP contribution in [0.3, 0.4) is 0 Å². The molecule has 0 fully saturated rings. The number of hydrogen-bond donors (Lipinski definition) is 2. The second-order valence-corrected chi connectivity index (χ2v) is 5.87. The third-order valence-electron chi connectivity index (χ3n) is 3.95. The first-order chi connectivity index (χ1) is 13.6. The zero-order valence-electron chi connectivity index (χ0n) is 15.1. The number of carbonyl (C=O) groups is 3. The molecular formula is C21H18N2O5. The lowest BCUT2D eigenvalue weighted by atomic mass is 10.1. The number of ether oxygens (including phenoxy) is 2. The summed E-state index contributed by atoms with van der Waals surface area (Å²) >= 11 is 0. The topological polar surface area (TPSA) is 93.7 Å². The Kier molecular flexibility index (Phi) is 5.86. The largest absolute Gasteiger partial charge is 0.484 e. The first kappa shape index (κ1) is 18.9. The Morgan fingerprint density at radius 1 is 0.821 bits per heavy atom. The predicted molar refractivity (Wildman–Crippen MR) is 103 cm³/mol. The van der Waals surface area contributed by atoms with Gasteiger partial charge in [0.15, 0.2) is 6.61 Å². The Labute approximate surface area is 161 Å². The summed E-state index contributed by atoms with van der Waals surface area (Å²) < 4.78 is 10.1. The SMILES string of the molecule is COC(=O)c1cccc(C(=O)NNC(=O)COc2ccc3ccccc3c2)c1. The third kappa shape index (κ3) is 4.64. The molecule has 3 aromatic carbocycles. The Bertz CT molecular complexity index is 1030. The van der Waals surface area contributed by atoms with E-state index < -0.39 is 17.8 Å². The number of carbonyl (C=O) groups excluding carboxylic acids is 3. The van der Waals surface area contributed by atoms with E-state index in [1.54, 1.807) is 12.1 Å². The number of hydrazine groups is 1. The van der Waals surface area contributed by atoms with Crippen LogP contribution in [0.15, 0.2) is 66.7 Å². The second-order valence-electron chi connectivity index (χ2n) is 5.87.